The SMILES string of the molecule is CCN1CCN(Cc2ccc(Nc3cc(-c4cc(F)c5nc(C)n(C6CCC6)c5c4)ncn3)nc2)CC1. The third-order valence-corrected chi connectivity index (χ3v) is 7.73. The maximum absolute atomic E-state index is 15.1. The number of anilines is 2. The molecule has 4 aromatic rings. The molecule has 0 amide bonds. The first-order valence-corrected chi connectivity index (χ1v) is 13.2. The van der Waals surface area contributed by atoms with Crippen molar-refractivity contribution in [1.29, 1.82) is 0 Å². The molecule has 192 valence electrons. The maximum atomic E-state index is 15.1. The predicted octanol–water partition coefficient (Wildman–Crippen LogP) is 4.94. The van der Waals surface area contributed by atoms with Crippen LogP contribution in [-0.2, 0) is 6.54 Å². The summed E-state index contributed by atoms with van der Waals surface area (Å²) in [5.41, 5.74) is 3.82. The summed E-state index contributed by atoms with van der Waals surface area (Å²) in [6.07, 6.45) is 6.85. The molecule has 1 aliphatic carbocycles. The lowest BCUT2D eigenvalue weighted by Crippen LogP contribution is -2.45. The van der Waals surface area contributed by atoms with E-state index in [2.05, 4.69) is 52.6 Å². The third kappa shape index (κ3) is 4.93. The predicted molar refractivity (Wildman–Crippen MR) is 143 cm³/mol. The van der Waals surface area contributed by atoms with Gasteiger partial charge in [-0.05, 0) is 56.5 Å². The smallest absolute Gasteiger partial charge is 0.151 e. The molecule has 37 heavy (non-hydrogen) atoms. The van der Waals surface area contributed by atoms with Crippen LogP contribution >= 0.6 is 0 Å². The van der Waals surface area contributed by atoms with Crippen molar-refractivity contribution in [3.05, 3.63) is 60.1 Å². The Morgan fingerprint density at radius 2 is 1.78 bits per heavy atom. The van der Waals surface area contributed by atoms with E-state index in [1.54, 1.807) is 0 Å². The van der Waals surface area contributed by atoms with E-state index in [0.29, 0.717) is 34.5 Å². The van der Waals surface area contributed by atoms with E-state index >= 15 is 4.39 Å². The van der Waals surface area contributed by atoms with Gasteiger partial charge in [0.1, 0.15) is 29.3 Å². The van der Waals surface area contributed by atoms with Gasteiger partial charge in [-0.15, -0.1) is 0 Å². The molecule has 2 aliphatic rings. The van der Waals surface area contributed by atoms with Crippen LogP contribution in [0.15, 0.2) is 42.9 Å². The van der Waals surface area contributed by atoms with Crippen LogP contribution in [0, 0.1) is 12.7 Å². The zero-order valence-electron chi connectivity index (χ0n) is 21.5. The van der Waals surface area contributed by atoms with Gasteiger partial charge in [0.05, 0.1) is 11.2 Å². The molecule has 0 bridgehead atoms. The molecular formula is C28H33FN8. The second-order valence-corrected chi connectivity index (χ2v) is 10.1. The van der Waals surface area contributed by atoms with Crippen molar-refractivity contribution in [2.45, 2.75) is 45.7 Å². The van der Waals surface area contributed by atoms with E-state index in [0.717, 1.165) is 63.5 Å². The first-order chi connectivity index (χ1) is 18.1. The van der Waals surface area contributed by atoms with E-state index in [9.17, 15) is 0 Å². The number of aryl methyl sites for hydroxylation is 1. The molecule has 1 saturated heterocycles. The Balaban J connectivity index is 1.18. The molecule has 8 nitrogen and oxygen atoms in total. The highest BCUT2D eigenvalue weighted by Gasteiger charge is 2.25. The topological polar surface area (TPSA) is 75.0 Å². The molecule has 9 heteroatoms. The van der Waals surface area contributed by atoms with Gasteiger partial charge >= 0.3 is 0 Å². The molecule has 3 aromatic heterocycles. The normalized spacial score (nSPS) is 17.3. The number of pyridine rings is 1. The summed E-state index contributed by atoms with van der Waals surface area (Å²) >= 11 is 0. The highest BCUT2D eigenvalue weighted by molar-refractivity contribution is 5.83. The van der Waals surface area contributed by atoms with Gasteiger partial charge in [-0.3, -0.25) is 4.90 Å². The van der Waals surface area contributed by atoms with E-state index < -0.39 is 0 Å². The maximum Gasteiger partial charge on any atom is 0.151 e. The van der Waals surface area contributed by atoms with Gasteiger partial charge in [-0.1, -0.05) is 13.0 Å². The van der Waals surface area contributed by atoms with E-state index in [1.807, 2.05) is 31.3 Å². The number of piperazine rings is 1. The molecule has 6 rings (SSSR count). The van der Waals surface area contributed by atoms with Crippen molar-refractivity contribution in [2.75, 3.05) is 38.0 Å². The Kier molecular flexibility index (Phi) is 6.56. The van der Waals surface area contributed by atoms with Gasteiger partial charge in [-0.2, -0.15) is 0 Å². The lowest BCUT2D eigenvalue weighted by Gasteiger charge is -2.33. The Bertz CT molecular complexity index is 1390. The number of hydrogen-bond acceptors (Lipinski definition) is 7. The van der Waals surface area contributed by atoms with E-state index in [4.69, 9.17) is 0 Å². The monoisotopic (exact) mass is 500 g/mol. The number of halogens is 1. The fourth-order valence-corrected chi connectivity index (χ4v) is 5.35. The quantitative estimate of drug-likeness (QED) is 0.385. The average molecular weight is 501 g/mol. The summed E-state index contributed by atoms with van der Waals surface area (Å²) in [4.78, 5) is 22.8. The number of likely N-dealkylation sites (N-methyl/N-ethyl adjacent to an activating group) is 1. The number of fused-ring (bicyclic) bond motifs is 1. The zero-order chi connectivity index (χ0) is 25.4. The minimum Gasteiger partial charge on any atom is -0.325 e. The van der Waals surface area contributed by atoms with Crippen LogP contribution in [0.2, 0.25) is 0 Å². The van der Waals surface area contributed by atoms with Crippen LogP contribution in [0.25, 0.3) is 22.3 Å². The van der Waals surface area contributed by atoms with E-state index in [-0.39, 0.29) is 5.82 Å². The molecule has 0 radical (unpaired) electrons. The van der Waals surface area contributed by atoms with Crippen LogP contribution in [0.3, 0.4) is 0 Å². The molecule has 0 atom stereocenters. The Labute approximate surface area is 216 Å². The van der Waals surface area contributed by atoms with Crippen molar-refractivity contribution in [2.24, 2.45) is 0 Å². The number of nitrogens with zero attached hydrogens (tertiary/aromatic N) is 7. The summed E-state index contributed by atoms with van der Waals surface area (Å²) in [7, 11) is 0. The van der Waals surface area contributed by atoms with Crippen LogP contribution in [0.5, 0.6) is 0 Å². The number of nitrogens with one attached hydrogen (secondary N) is 1. The molecule has 0 spiro atoms. The first-order valence-electron chi connectivity index (χ1n) is 13.2. The summed E-state index contributed by atoms with van der Waals surface area (Å²) in [5, 5.41) is 3.27. The summed E-state index contributed by atoms with van der Waals surface area (Å²) in [5.74, 6) is 1.86. The molecule has 1 aliphatic heterocycles. The summed E-state index contributed by atoms with van der Waals surface area (Å²) in [6, 6.07) is 9.83. The second-order valence-electron chi connectivity index (χ2n) is 10.1. The minimum atomic E-state index is -0.324. The fourth-order valence-electron chi connectivity index (χ4n) is 5.35. The summed E-state index contributed by atoms with van der Waals surface area (Å²) < 4.78 is 17.2. The van der Waals surface area contributed by atoms with Crippen molar-refractivity contribution in [3.8, 4) is 11.3 Å². The van der Waals surface area contributed by atoms with Gasteiger partial charge in [0.2, 0.25) is 0 Å². The lowest BCUT2D eigenvalue weighted by molar-refractivity contribution is 0.132. The van der Waals surface area contributed by atoms with Crippen LogP contribution in [0.4, 0.5) is 16.0 Å². The van der Waals surface area contributed by atoms with Crippen molar-refractivity contribution in [3.63, 3.8) is 0 Å². The Morgan fingerprint density at radius 1 is 0.973 bits per heavy atom. The minimum absolute atomic E-state index is 0.324. The van der Waals surface area contributed by atoms with E-state index in [1.165, 1.54) is 24.4 Å². The zero-order valence-corrected chi connectivity index (χ0v) is 21.5. The number of aromatic nitrogens is 5. The number of hydrogen-bond donors (Lipinski definition) is 1. The molecule has 4 heterocycles. The summed E-state index contributed by atoms with van der Waals surface area (Å²) in [6.45, 7) is 10.6. The number of benzene rings is 1. The third-order valence-electron chi connectivity index (χ3n) is 7.73. The standard InChI is InChI=1S/C28H33FN8/c1-3-35-9-11-36(12-10-35)17-20-7-8-26(30-16-20)34-27-15-24(31-18-32-27)21-13-23(29)28-25(14-21)37(19(2)33-28)22-5-4-6-22/h7-8,13-16,18,22H,3-6,9-12,17H2,1-2H3,(H,30,31,32,34). The van der Waals surface area contributed by atoms with Crippen molar-refractivity contribution < 1.29 is 4.39 Å². The van der Waals surface area contributed by atoms with Crippen LogP contribution in [-0.4, -0.2) is 67.0 Å². The fraction of sp³-hybridized carbons (Fsp3) is 0.429. The van der Waals surface area contributed by atoms with Gasteiger partial charge in [0.25, 0.3) is 0 Å². The first kappa shape index (κ1) is 23.9. The van der Waals surface area contributed by atoms with Gasteiger partial charge < -0.3 is 14.8 Å². The van der Waals surface area contributed by atoms with Gasteiger partial charge in [-0.25, -0.2) is 24.3 Å². The molecule has 1 aromatic carbocycles. The Hall–Kier alpha value is -3.43. The number of rotatable bonds is 7. The van der Waals surface area contributed by atoms with Gasteiger partial charge in [0.15, 0.2) is 5.82 Å². The number of imidazole rings is 1. The molecule has 1 N–H and O–H groups in total. The van der Waals surface area contributed by atoms with Crippen LogP contribution in [0.1, 0.15) is 43.6 Å². The van der Waals surface area contributed by atoms with Gasteiger partial charge in [0, 0.05) is 56.6 Å². The Morgan fingerprint density at radius 3 is 2.49 bits per heavy atom. The highest BCUT2D eigenvalue weighted by Crippen LogP contribution is 2.37. The molecule has 1 saturated carbocycles. The second kappa shape index (κ2) is 10.1. The lowest BCUT2D eigenvalue weighted by atomic mass is 9.92. The molecule has 0 unspecified atom stereocenters. The van der Waals surface area contributed by atoms with Crippen molar-refractivity contribution in [1.82, 2.24) is 34.3 Å². The van der Waals surface area contributed by atoms with Crippen molar-refractivity contribution >= 4 is 22.7 Å². The molecule has 2 fully saturated rings. The largest absolute Gasteiger partial charge is 0.325 e. The highest BCUT2D eigenvalue weighted by atomic mass is 19.1. The average Bonchev–Trinajstić information content (AvgIpc) is 3.21. The molecular weight excluding hydrogens is 467 g/mol. The van der Waals surface area contributed by atoms with Crippen LogP contribution < -0.4 is 5.32 Å².